The van der Waals surface area contributed by atoms with Crippen LogP contribution in [0.15, 0.2) is 0 Å². The van der Waals surface area contributed by atoms with Gasteiger partial charge in [-0.05, 0) is 37.0 Å². The Labute approximate surface area is 124 Å². The van der Waals surface area contributed by atoms with E-state index in [4.69, 9.17) is 0 Å². The molecule has 2 aliphatic rings. The van der Waals surface area contributed by atoms with Crippen molar-refractivity contribution in [3.05, 3.63) is 0 Å². The summed E-state index contributed by atoms with van der Waals surface area (Å²) in [7, 11) is -3.26. The predicted molar refractivity (Wildman–Crippen MR) is 82.6 cm³/mol. The molecular weight excluding hydrogens is 272 g/mol. The Balaban J connectivity index is 1.72. The normalized spacial score (nSPS) is 29.9. The Kier molecular flexibility index (Phi) is 5.87. The molecule has 2 rings (SSSR count). The van der Waals surface area contributed by atoms with Crippen LogP contribution in [0, 0.1) is 17.8 Å². The minimum atomic E-state index is -3.26. The number of piperidine rings is 1. The topological polar surface area (TPSA) is 49.4 Å². The molecule has 0 spiro atoms. The molecule has 0 aromatic heterocycles. The van der Waals surface area contributed by atoms with Crippen molar-refractivity contribution in [2.45, 2.75) is 58.8 Å². The second kappa shape index (κ2) is 7.23. The van der Waals surface area contributed by atoms with Gasteiger partial charge in [-0.1, -0.05) is 39.5 Å². The van der Waals surface area contributed by atoms with Gasteiger partial charge in [0.15, 0.2) is 0 Å². The molecule has 2 unspecified atom stereocenters. The van der Waals surface area contributed by atoms with Gasteiger partial charge < -0.3 is 0 Å². The fraction of sp³-hybridized carbons (Fsp3) is 1.00. The number of nitrogens with one attached hydrogen (secondary N) is 1. The lowest BCUT2D eigenvalue weighted by Crippen LogP contribution is -2.48. The van der Waals surface area contributed by atoms with Crippen LogP contribution in [0.25, 0.3) is 0 Å². The number of nitrogens with zero attached hydrogens (tertiary/aromatic N) is 1. The fourth-order valence-corrected chi connectivity index (χ4v) is 5.27. The molecule has 1 N–H and O–H groups in total. The highest BCUT2D eigenvalue weighted by Gasteiger charge is 2.30. The summed E-state index contributed by atoms with van der Waals surface area (Å²) < 4.78 is 29.0. The Hall–Kier alpha value is -0.130. The maximum atomic E-state index is 12.3. The molecule has 5 heteroatoms. The minimum Gasteiger partial charge on any atom is -0.202 e. The maximum Gasteiger partial charge on any atom is 0.279 e. The zero-order valence-electron chi connectivity index (χ0n) is 13.0. The summed E-state index contributed by atoms with van der Waals surface area (Å²) in [5.41, 5.74) is 0. The van der Waals surface area contributed by atoms with Crippen LogP contribution in [0.3, 0.4) is 0 Å². The molecule has 1 aliphatic heterocycles. The van der Waals surface area contributed by atoms with Crippen molar-refractivity contribution in [3.8, 4) is 0 Å². The first-order valence-electron chi connectivity index (χ1n) is 8.22. The van der Waals surface area contributed by atoms with Gasteiger partial charge in [0.05, 0.1) is 0 Å². The molecule has 2 fully saturated rings. The summed E-state index contributed by atoms with van der Waals surface area (Å²) in [6.07, 6.45) is 8.69. The van der Waals surface area contributed by atoms with Crippen molar-refractivity contribution in [1.82, 2.24) is 9.03 Å². The van der Waals surface area contributed by atoms with Crippen LogP contribution in [0.4, 0.5) is 0 Å². The third-order valence-electron chi connectivity index (χ3n) is 4.72. The summed E-state index contributed by atoms with van der Waals surface area (Å²) in [6.45, 7) is 6.21. The van der Waals surface area contributed by atoms with Gasteiger partial charge in [-0.3, -0.25) is 0 Å². The Morgan fingerprint density at radius 3 is 2.30 bits per heavy atom. The molecular formula is C15H30N2O2S. The molecule has 1 aliphatic carbocycles. The summed E-state index contributed by atoms with van der Waals surface area (Å²) in [6, 6.07) is 0. The molecule has 1 heterocycles. The van der Waals surface area contributed by atoms with E-state index in [-0.39, 0.29) is 0 Å². The molecule has 0 amide bonds. The van der Waals surface area contributed by atoms with E-state index >= 15 is 0 Å². The van der Waals surface area contributed by atoms with Crippen LogP contribution in [-0.4, -0.2) is 32.4 Å². The van der Waals surface area contributed by atoms with Crippen LogP contribution in [-0.2, 0) is 10.2 Å². The fourth-order valence-electron chi connectivity index (χ4n) is 3.78. The van der Waals surface area contributed by atoms with E-state index in [1.807, 2.05) is 0 Å². The smallest absolute Gasteiger partial charge is 0.202 e. The molecule has 2 atom stereocenters. The van der Waals surface area contributed by atoms with Crippen molar-refractivity contribution in [2.75, 3.05) is 19.6 Å². The second-order valence-electron chi connectivity index (χ2n) is 6.96. The Morgan fingerprint density at radius 2 is 1.70 bits per heavy atom. The van der Waals surface area contributed by atoms with E-state index in [0.717, 1.165) is 18.8 Å². The summed E-state index contributed by atoms with van der Waals surface area (Å²) in [5.74, 6) is 1.78. The van der Waals surface area contributed by atoms with Crippen LogP contribution in [0.2, 0.25) is 0 Å². The minimum absolute atomic E-state index is 0.466. The quantitative estimate of drug-likeness (QED) is 0.767. The van der Waals surface area contributed by atoms with Crippen molar-refractivity contribution in [1.29, 1.82) is 0 Å². The van der Waals surface area contributed by atoms with E-state index in [2.05, 4.69) is 18.6 Å². The van der Waals surface area contributed by atoms with Gasteiger partial charge in [0.1, 0.15) is 0 Å². The van der Waals surface area contributed by atoms with E-state index in [0.29, 0.717) is 31.5 Å². The lowest BCUT2D eigenvalue weighted by atomic mass is 9.94. The maximum absolute atomic E-state index is 12.3. The lowest BCUT2D eigenvalue weighted by molar-refractivity contribution is 0.220. The van der Waals surface area contributed by atoms with E-state index in [9.17, 15) is 8.42 Å². The van der Waals surface area contributed by atoms with Gasteiger partial charge in [-0.2, -0.15) is 12.7 Å². The molecule has 118 valence electrons. The number of rotatable bonds is 6. The monoisotopic (exact) mass is 302 g/mol. The van der Waals surface area contributed by atoms with Crippen LogP contribution in [0.1, 0.15) is 58.8 Å². The van der Waals surface area contributed by atoms with Gasteiger partial charge in [0, 0.05) is 19.6 Å². The predicted octanol–water partition coefficient (Wildman–Crippen LogP) is 2.77. The van der Waals surface area contributed by atoms with Gasteiger partial charge in [-0.15, -0.1) is 0 Å². The van der Waals surface area contributed by atoms with E-state index in [1.54, 1.807) is 4.31 Å². The molecule has 1 saturated heterocycles. The van der Waals surface area contributed by atoms with E-state index < -0.39 is 10.2 Å². The highest BCUT2D eigenvalue weighted by Crippen LogP contribution is 2.28. The highest BCUT2D eigenvalue weighted by atomic mass is 32.2. The first-order valence-corrected chi connectivity index (χ1v) is 9.66. The largest absolute Gasteiger partial charge is 0.279 e. The van der Waals surface area contributed by atoms with Crippen molar-refractivity contribution in [3.63, 3.8) is 0 Å². The van der Waals surface area contributed by atoms with Crippen molar-refractivity contribution in [2.24, 2.45) is 17.8 Å². The van der Waals surface area contributed by atoms with Crippen LogP contribution < -0.4 is 4.72 Å². The van der Waals surface area contributed by atoms with Gasteiger partial charge in [0.2, 0.25) is 0 Å². The Morgan fingerprint density at radius 1 is 1.10 bits per heavy atom. The molecule has 1 saturated carbocycles. The molecule has 20 heavy (non-hydrogen) atoms. The molecule has 0 bridgehead atoms. The number of hydrogen-bond acceptors (Lipinski definition) is 2. The molecule has 4 nitrogen and oxygen atoms in total. The third kappa shape index (κ3) is 4.71. The first-order chi connectivity index (χ1) is 9.47. The average Bonchev–Trinajstić information content (AvgIpc) is 2.86. The van der Waals surface area contributed by atoms with E-state index in [1.165, 1.54) is 32.1 Å². The Bertz CT molecular complexity index is 381. The first kappa shape index (κ1) is 16.2. The lowest BCUT2D eigenvalue weighted by Gasteiger charge is -2.34. The summed E-state index contributed by atoms with van der Waals surface area (Å²) in [4.78, 5) is 0. The third-order valence-corrected chi connectivity index (χ3v) is 6.27. The van der Waals surface area contributed by atoms with Gasteiger partial charge in [-0.25, -0.2) is 4.72 Å². The molecule has 0 aromatic rings. The number of hydrogen-bond donors (Lipinski definition) is 1. The van der Waals surface area contributed by atoms with Crippen molar-refractivity contribution < 1.29 is 8.42 Å². The average molecular weight is 302 g/mol. The second-order valence-corrected chi connectivity index (χ2v) is 8.71. The standard InChI is InChI=1S/C15H30N2O2S/c1-13-10-14(2)12-17(11-13)20(18,19)16-9-5-8-15-6-3-4-7-15/h13-16H,3-12H2,1-2H3. The highest BCUT2D eigenvalue weighted by molar-refractivity contribution is 7.87. The summed E-state index contributed by atoms with van der Waals surface area (Å²) in [5, 5.41) is 0. The SMILES string of the molecule is CC1CC(C)CN(S(=O)(=O)NCCCC2CCCC2)C1. The van der Waals surface area contributed by atoms with Crippen LogP contribution >= 0.6 is 0 Å². The molecule has 0 radical (unpaired) electrons. The summed E-state index contributed by atoms with van der Waals surface area (Å²) >= 11 is 0. The zero-order chi connectivity index (χ0) is 14.6. The van der Waals surface area contributed by atoms with Crippen LogP contribution in [0.5, 0.6) is 0 Å². The zero-order valence-corrected chi connectivity index (χ0v) is 13.8. The van der Waals surface area contributed by atoms with Gasteiger partial charge in [0.25, 0.3) is 10.2 Å². The van der Waals surface area contributed by atoms with Gasteiger partial charge >= 0.3 is 0 Å². The molecule has 0 aromatic carbocycles. The van der Waals surface area contributed by atoms with Crippen molar-refractivity contribution >= 4 is 10.2 Å².